The summed E-state index contributed by atoms with van der Waals surface area (Å²) in [5.74, 6) is 0.586. The zero-order valence-electron chi connectivity index (χ0n) is 9.91. The number of rotatable bonds is 3. The molecule has 0 aliphatic rings. The van der Waals surface area contributed by atoms with Crippen molar-refractivity contribution in [2.45, 2.75) is 6.92 Å². The zero-order valence-corrected chi connectivity index (χ0v) is 11.4. The number of halogens is 2. The predicted octanol–water partition coefficient (Wildman–Crippen LogP) is 4.64. The summed E-state index contributed by atoms with van der Waals surface area (Å²) in [5.41, 5.74) is 8.28. The molecule has 0 amide bonds. The quantitative estimate of drug-likeness (QED) is 0.832. The van der Waals surface area contributed by atoms with Gasteiger partial charge in [0.15, 0.2) is 0 Å². The van der Waals surface area contributed by atoms with Crippen molar-refractivity contribution in [2.24, 2.45) is 0 Å². The van der Waals surface area contributed by atoms with Gasteiger partial charge in [0.05, 0.1) is 16.7 Å². The topological polar surface area (TPSA) is 35.2 Å². The minimum atomic E-state index is 0.527. The first-order valence-corrected chi connectivity index (χ1v) is 6.35. The molecule has 18 heavy (non-hydrogen) atoms. The third-order valence-electron chi connectivity index (χ3n) is 2.57. The average Bonchev–Trinajstić information content (AvgIpc) is 2.35. The molecule has 0 saturated carbocycles. The van der Waals surface area contributed by atoms with Crippen LogP contribution in [0.3, 0.4) is 0 Å². The Morgan fingerprint density at radius 2 is 1.78 bits per heavy atom. The van der Waals surface area contributed by atoms with E-state index in [0.717, 1.165) is 11.1 Å². The first kappa shape index (κ1) is 13.1. The molecule has 0 aliphatic carbocycles. The van der Waals surface area contributed by atoms with Gasteiger partial charge < -0.3 is 10.5 Å². The van der Waals surface area contributed by atoms with Gasteiger partial charge in [-0.3, -0.25) is 0 Å². The molecule has 2 rings (SSSR count). The van der Waals surface area contributed by atoms with Crippen LogP contribution in [0.15, 0.2) is 36.4 Å². The summed E-state index contributed by atoms with van der Waals surface area (Å²) in [6.07, 6.45) is 0. The smallest absolute Gasteiger partial charge is 0.139 e. The summed E-state index contributed by atoms with van der Waals surface area (Å²) in [6.45, 7) is 2.44. The van der Waals surface area contributed by atoms with Crippen LogP contribution in [0, 0.1) is 0 Å². The van der Waals surface area contributed by atoms with E-state index in [4.69, 9.17) is 33.7 Å². The van der Waals surface area contributed by atoms with Crippen molar-refractivity contribution < 1.29 is 4.74 Å². The molecule has 0 aliphatic heterocycles. The van der Waals surface area contributed by atoms with Crippen molar-refractivity contribution in [2.75, 3.05) is 12.3 Å². The van der Waals surface area contributed by atoms with Gasteiger partial charge in [-0.25, -0.2) is 0 Å². The number of anilines is 1. The molecule has 2 aromatic carbocycles. The van der Waals surface area contributed by atoms with E-state index in [-0.39, 0.29) is 0 Å². The van der Waals surface area contributed by atoms with E-state index < -0.39 is 0 Å². The Morgan fingerprint density at radius 3 is 2.44 bits per heavy atom. The largest absolute Gasteiger partial charge is 0.492 e. The van der Waals surface area contributed by atoms with E-state index in [1.165, 1.54) is 0 Å². The molecule has 0 atom stereocenters. The van der Waals surface area contributed by atoms with Gasteiger partial charge in [0, 0.05) is 22.9 Å². The summed E-state index contributed by atoms with van der Waals surface area (Å²) in [4.78, 5) is 0. The Morgan fingerprint density at radius 1 is 1.06 bits per heavy atom. The zero-order chi connectivity index (χ0) is 13.1. The van der Waals surface area contributed by atoms with Gasteiger partial charge in [0.1, 0.15) is 5.75 Å². The van der Waals surface area contributed by atoms with Crippen LogP contribution < -0.4 is 10.5 Å². The molecule has 0 radical (unpaired) electrons. The molecule has 4 heteroatoms. The fourth-order valence-electron chi connectivity index (χ4n) is 1.74. The number of ether oxygens (including phenoxy) is 1. The lowest BCUT2D eigenvalue weighted by Crippen LogP contribution is -1.94. The fourth-order valence-corrected chi connectivity index (χ4v) is 2.22. The van der Waals surface area contributed by atoms with E-state index in [2.05, 4.69) is 0 Å². The summed E-state index contributed by atoms with van der Waals surface area (Å²) < 4.78 is 5.39. The van der Waals surface area contributed by atoms with Crippen molar-refractivity contribution in [3.05, 3.63) is 46.4 Å². The average molecular weight is 282 g/mol. The first-order chi connectivity index (χ1) is 8.63. The summed E-state index contributed by atoms with van der Waals surface area (Å²) in [6, 6.07) is 11.0. The Bertz CT molecular complexity index is 570. The number of nitrogen functional groups attached to an aromatic ring is 1. The molecule has 0 bridgehead atoms. The highest BCUT2D eigenvalue weighted by atomic mass is 35.5. The molecule has 0 unspecified atom stereocenters. The first-order valence-electron chi connectivity index (χ1n) is 5.60. The van der Waals surface area contributed by atoms with E-state index in [1.807, 2.05) is 31.2 Å². The maximum Gasteiger partial charge on any atom is 0.139 e. The third-order valence-corrected chi connectivity index (χ3v) is 3.18. The summed E-state index contributed by atoms with van der Waals surface area (Å²) in [7, 11) is 0. The normalized spacial score (nSPS) is 10.4. The molecular formula is C14H13Cl2NO. The lowest BCUT2D eigenvalue weighted by Gasteiger charge is -2.11. The standard InChI is InChI=1S/C14H13Cl2NO/c1-2-18-14-8-11(15)10(7-12(14)16)9-5-3-4-6-13(9)17/h3-8H,2,17H2,1H3. The van der Waals surface area contributed by atoms with Crippen LogP contribution in [-0.4, -0.2) is 6.61 Å². The van der Waals surface area contributed by atoms with Crippen molar-refractivity contribution >= 4 is 28.9 Å². The molecule has 0 aromatic heterocycles. The lowest BCUT2D eigenvalue weighted by molar-refractivity contribution is 0.340. The second kappa shape index (κ2) is 5.51. The molecular weight excluding hydrogens is 269 g/mol. The second-order valence-electron chi connectivity index (χ2n) is 3.78. The van der Waals surface area contributed by atoms with E-state index in [0.29, 0.717) is 28.1 Å². The minimum Gasteiger partial charge on any atom is -0.492 e. The maximum absolute atomic E-state index is 6.25. The Balaban J connectivity index is 2.53. The van der Waals surface area contributed by atoms with Crippen molar-refractivity contribution in [3.63, 3.8) is 0 Å². The van der Waals surface area contributed by atoms with Gasteiger partial charge in [0.2, 0.25) is 0 Å². The number of benzene rings is 2. The highest BCUT2D eigenvalue weighted by Crippen LogP contribution is 2.38. The van der Waals surface area contributed by atoms with Crippen LogP contribution in [0.5, 0.6) is 5.75 Å². The molecule has 0 saturated heterocycles. The van der Waals surface area contributed by atoms with Gasteiger partial charge in [-0.05, 0) is 19.1 Å². The van der Waals surface area contributed by atoms with Crippen LogP contribution in [0.25, 0.3) is 11.1 Å². The molecule has 0 heterocycles. The van der Waals surface area contributed by atoms with Gasteiger partial charge in [-0.15, -0.1) is 0 Å². The van der Waals surface area contributed by atoms with E-state index in [1.54, 1.807) is 12.1 Å². The summed E-state index contributed by atoms with van der Waals surface area (Å²) >= 11 is 12.4. The number of hydrogen-bond donors (Lipinski definition) is 1. The highest BCUT2D eigenvalue weighted by molar-refractivity contribution is 6.36. The molecule has 2 aromatic rings. The van der Waals surface area contributed by atoms with Crippen molar-refractivity contribution in [3.8, 4) is 16.9 Å². The van der Waals surface area contributed by atoms with Gasteiger partial charge >= 0.3 is 0 Å². The molecule has 0 spiro atoms. The SMILES string of the molecule is CCOc1cc(Cl)c(-c2ccccc2N)cc1Cl. The van der Waals surface area contributed by atoms with E-state index in [9.17, 15) is 0 Å². The maximum atomic E-state index is 6.25. The molecule has 2 nitrogen and oxygen atoms in total. The van der Waals surface area contributed by atoms with Crippen LogP contribution in [0.4, 0.5) is 5.69 Å². The number of hydrogen-bond acceptors (Lipinski definition) is 2. The number of para-hydroxylation sites is 1. The van der Waals surface area contributed by atoms with Crippen LogP contribution in [-0.2, 0) is 0 Å². The number of nitrogens with two attached hydrogens (primary N) is 1. The monoisotopic (exact) mass is 281 g/mol. The fraction of sp³-hybridized carbons (Fsp3) is 0.143. The predicted molar refractivity (Wildman–Crippen MR) is 77.5 cm³/mol. The third kappa shape index (κ3) is 2.55. The van der Waals surface area contributed by atoms with Gasteiger partial charge in [-0.1, -0.05) is 41.4 Å². The minimum absolute atomic E-state index is 0.527. The molecule has 94 valence electrons. The van der Waals surface area contributed by atoms with E-state index >= 15 is 0 Å². The van der Waals surface area contributed by atoms with Crippen molar-refractivity contribution in [1.82, 2.24) is 0 Å². The van der Waals surface area contributed by atoms with Crippen LogP contribution >= 0.6 is 23.2 Å². The lowest BCUT2D eigenvalue weighted by atomic mass is 10.0. The Labute approximate surface area is 116 Å². The van der Waals surface area contributed by atoms with Crippen LogP contribution in [0.1, 0.15) is 6.92 Å². The Kier molecular flexibility index (Phi) is 4.00. The molecule has 0 fully saturated rings. The van der Waals surface area contributed by atoms with Gasteiger partial charge in [-0.2, -0.15) is 0 Å². The van der Waals surface area contributed by atoms with Crippen molar-refractivity contribution in [1.29, 1.82) is 0 Å². The molecule has 2 N–H and O–H groups in total. The second-order valence-corrected chi connectivity index (χ2v) is 4.60. The highest BCUT2D eigenvalue weighted by Gasteiger charge is 2.11. The Hall–Kier alpha value is -1.38. The summed E-state index contributed by atoms with van der Waals surface area (Å²) in [5, 5.41) is 1.10. The van der Waals surface area contributed by atoms with Gasteiger partial charge in [0.25, 0.3) is 0 Å². The van der Waals surface area contributed by atoms with Crippen LogP contribution in [0.2, 0.25) is 10.0 Å².